The molecule has 0 aliphatic carbocycles. The Bertz CT molecular complexity index is 1090. The second kappa shape index (κ2) is 5.63. The van der Waals surface area contributed by atoms with Gasteiger partial charge in [-0.3, -0.25) is 0 Å². The van der Waals surface area contributed by atoms with Crippen LogP contribution in [0.3, 0.4) is 0 Å². The summed E-state index contributed by atoms with van der Waals surface area (Å²) in [5.41, 5.74) is 6.74. The number of alkyl halides is 3. The quantitative estimate of drug-likeness (QED) is 0.445. The van der Waals surface area contributed by atoms with Crippen LogP contribution in [-0.4, -0.2) is 4.98 Å². The topological polar surface area (TPSA) is 50.9 Å². The van der Waals surface area contributed by atoms with Crippen LogP contribution in [0.2, 0.25) is 0 Å². The molecule has 4 aromatic rings. The summed E-state index contributed by atoms with van der Waals surface area (Å²) in [5.74, 6) is 0.508. The number of nitrogens with one attached hydrogen (secondary N) is 1. The molecule has 2 aromatic heterocycles. The Morgan fingerprint density at radius 2 is 1.76 bits per heavy atom. The fraction of sp³-hybridized carbons (Fsp3) is 0.0556. The van der Waals surface area contributed by atoms with Gasteiger partial charge >= 0.3 is 6.18 Å². The summed E-state index contributed by atoms with van der Waals surface area (Å²) in [7, 11) is 0. The number of nitrogens with two attached hydrogens (primary N) is 1. The molecular weight excluding hydrogens is 347 g/mol. The highest BCUT2D eigenvalue weighted by atomic mass is 32.1. The lowest BCUT2D eigenvalue weighted by molar-refractivity contribution is -0.137. The largest absolute Gasteiger partial charge is 0.416 e. The molecular formula is C18H12F3N3S. The summed E-state index contributed by atoms with van der Waals surface area (Å²) < 4.78 is 38.7. The number of nitrogens with zero attached hydrogens (tertiary/aromatic N) is 1. The second-order valence-electron chi connectivity index (χ2n) is 5.64. The normalized spacial score (nSPS) is 12.0. The fourth-order valence-electron chi connectivity index (χ4n) is 2.74. The van der Waals surface area contributed by atoms with Gasteiger partial charge in [0.05, 0.1) is 11.1 Å². The predicted molar refractivity (Wildman–Crippen MR) is 96.3 cm³/mol. The van der Waals surface area contributed by atoms with Gasteiger partial charge in [0.1, 0.15) is 5.82 Å². The van der Waals surface area contributed by atoms with Gasteiger partial charge in [-0.1, -0.05) is 12.1 Å². The van der Waals surface area contributed by atoms with E-state index in [1.165, 1.54) is 17.4 Å². The average Bonchev–Trinajstić information content (AvgIpc) is 3.04. The number of thiophene rings is 1. The van der Waals surface area contributed by atoms with Gasteiger partial charge in [-0.25, -0.2) is 4.98 Å². The fourth-order valence-corrected chi connectivity index (χ4v) is 3.58. The summed E-state index contributed by atoms with van der Waals surface area (Å²) in [5, 5.41) is 9.74. The number of anilines is 3. The van der Waals surface area contributed by atoms with E-state index in [2.05, 4.69) is 10.3 Å². The SMILES string of the molecule is Nc1ccc2c(c1)nc(Nc1cccc(C(F)(F)F)c1)c1cscc12. The van der Waals surface area contributed by atoms with Crippen molar-refractivity contribution in [3.05, 3.63) is 58.8 Å². The number of benzene rings is 2. The average molecular weight is 359 g/mol. The monoisotopic (exact) mass is 359 g/mol. The highest BCUT2D eigenvalue weighted by Gasteiger charge is 2.30. The maximum atomic E-state index is 12.9. The van der Waals surface area contributed by atoms with Gasteiger partial charge < -0.3 is 11.1 Å². The van der Waals surface area contributed by atoms with E-state index < -0.39 is 11.7 Å². The summed E-state index contributed by atoms with van der Waals surface area (Å²) in [6, 6.07) is 10.5. The predicted octanol–water partition coefficient (Wildman–Crippen LogP) is 5.79. The van der Waals surface area contributed by atoms with Crippen molar-refractivity contribution < 1.29 is 13.2 Å². The van der Waals surface area contributed by atoms with Crippen molar-refractivity contribution in [1.82, 2.24) is 4.98 Å². The number of aromatic nitrogens is 1. The molecule has 0 amide bonds. The Kier molecular flexibility index (Phi) is 3.54. The Morgan fingerprint density at radius 3 is 2.56 bits per heavy atom. The lowest BCUT2D eigenvalue weighted by Gasteiger charge is -2.12. The lowest BCUT2D eigenvalue weighted by atomic mass is 10.1. The zero-order valence-electron chi connectivity index (χ0n) is 12.8. The van der Waals surface area contributed by atoms with E-state index in [9.17, 15) is 13.2 Å². The molecule has 4 rings (SSSR count). The minimum absolute atomic E-state index is 0.332. The third kappa shape index (κ3) is 2.87. The van der Waals surface area contributed by atoms with Crippen LogP contribution >= 0.6 is 11.3 Å². The summed E-state index contributed by atoms with van der Waals surface area (Å²) >= 11 is 1.51. The van der Waals surface area contributed by atoms with Gasteiger partial charge in [0.2, 0.25) is 0 Å². The van der Waals surface area contributed by atoms with Gasteiger partial charge in [0.25, 0.3) is 0 Å². The number of hydrogen-bond donors (Lipinski definition) is 2. The molecule has 0 bridgehead atoms. The van der Waals surface area contributed by atoms with Crippen molar-refractivity contribution in [1.29, 1.82) is 0 Å². The van der Waals surface area contributed by atoms with E-state index in [-0.39, 0.29) is 0 Å². The van der Waals surface area contributed by atoms with E-state index in [1.54, 1.807) is 18.2 Å². The van der Waals surface area contributed by atoms with Gasteiger partial charge in [0, 0.05) is 32.9 Å². The number of halogens is 3. The van der Waals surface area contributed by atoms with Crippen molar-refractivity contribution in [2.45, 2.75) is 6.18 Å². The first kappa shape index (κ1) is 15.7. The summed E-state index contributed by atoms with van der Waals surface area (Å²) in [6.45, 7) is 0. The summed E-state index contributed by atoms with van der Waals surface area (Å²) in [4.78, 5) is 4.56. The number of rotatable bonds is 2. The van der Waals surface area contributed by atoms with Crippen LogP contribution < -0.4 is 11.1 Å². The van der Waals surface area contributed by atoms with E-state index in [1.807, 2.05) is 16.8 Å². The first-order valence-electron chi connectivity index (χ1n) is 7.41. The summed E-state index contributed by atoms with van der Waals surface area (Å²) in [6.07, 6.45) is -4.39. The molecule has 7 heteroatoms. The van der Waals surface area contributed by atoms with Crippen molar-refractivity contribution in [3.8, 4) is 0 Å². The van der Waals surface area contributed by atoms with Crippen molar-refractivity contribution in [2.75, 3.05) is 11.1 Å². The molecule has 3 nitrogen and oxygen atoms in total. The van der Waals surface area contributed by atoms with E-state index in [4.69, 9.17) is 5.73 Å². The molecule has 2 aromatic carbocycles. The standard InChI is InChI=1S/C18H12F3N3S/c19-18(20,21)10-2-1-3-12(6-10)23-17-15-9-25-8-14(15)13-5-4-11(22)7-16(13)24-17/h1-9H,22H2,(H,23,24). The number of fused-ring (bicyclic) bond motifs is 3. The molecule has 126 valence electrons. The molecule has 2 heterocycles. The van der Waals surface area contributed by atoms with E-state index in [0.29, 0.717) is 22.7 Å². The van der Waals surface area contributed by atoms with E-state index >= 15 is 0 Å². The van der Waals surface area contributed by atoms with Crippen LogP contribution in [0.1, 0.15) is 5.56 Å². The maximum absolute atomic E-state index is 12.9. The van der Waals surface area contributed by atoms with Gasteiger partial charge in [-0.2, -0.15) is 24.5 Å². The van der Waals surface area contributed by atoms with E-state index in [0.717, 1.165) is 28.3 Å². The van der Waals surface area contributed by atoms with Gasteiger partial charge in [0.15, 0.2) is 0 Å². The highest BCUT2D eigenvalue weighted by Crippen LogP contribution is 2.35. The number of pyridine rings is 1. The van der Waals surface area contributed by atoms with Crippen LogP contribution in [0.25, 0.3) is 21.7 Å². The zero-order chi connectivity index (χ0) is 17.6. The third-order valence-electron chi connectivity index (χ3n) is 3.91. The van der Waals surface area contributed by atoms with Crippen LogP contribution in [-0.2, 0) is 6.18 Å². The minimum atomic E-state index is -4.39. The molecule has 0 spiro atoms. The van der Waals surface area contributed by atoms with Gasteiger partial charge in [-0.05, 0) is 35.7 Å². The smallest absolute Gasteiger partial charge is 0.399 e. The molecule has 0 unspecified atom stereocenters. The van der Waals surface area contributed by atoms with Crippen LogP contribution in [0.15, 0.2) is 53.2 Å². The molecule has 0 radical (unpaired) electrons. The molecule has 3 N–H and O–H groups in total. The third-order valence-corrected chi connectivity index (χ3v) is 4.66. The molecule has 25 heavy (non-hydrogen) atoms. The molecule has 0 fully saturated rings. The number of hydrogen-bond acceptors (Lipinski definition) is 4. The molecule has 0 saturated heterocycles. The van der Waals surface area contributed by atoms with Crippen molar-refractivity contribution >= 4 is 50.2 Å². The Labute approximate surface area is 144 Å². The molecule has 0 aliphatic heterocycles. The van der Waals surface area contributed by atoms with Crippen LogP contribution in [0, 0.1) is 0 Å². The zero-order valence-corrected chi connectivity index (χ0v) is 13.6. The Morgan fingerprint density at radius 1 is 0.960 bits per heavy atom. The van der Waals surface area contributed by atoms with Crippen molar-refractivity contribution in [2.24, 2.45) is 0 Å². The molecule has 0 saturated carbocycles. The molecule has 0 aliphatic rings. The minimum Gasteiger partial charge on any atom is -0.399 e. The van der Waals surface area contributed by atoms with Gasteiger partial charge in [-0.15, -0.1) is 0 Å². The highest BCUT2D eigenvalue weighted by molar-refractivity contribution is 7.09. The Hall–Kier alpha value is -2.80. The second-order valence-corrected chi connectivity index (χ2v) is 6.38. The maximum Gasteiger partial charge on any atom is 0.416 e. The van der Waals surface area contributed by atoms with Crippen LogP contribution in [0.4, 0.5) is 30.4 Å². The van der Waals surface area contributed by atoms with Crippen molar-refractivity contribution in [3.63, 3.8) is 0 Å². The lowest BCUT2D eigenvalue weighted by Crippen LogP contribution is -2.05. The first-order chi connectivity index (χ1) is 11.9. The first-order valence-corrected chi connectivity index (χ1v) is 8.35. The number of nitrogen functional groups attached to an aromatic ring is 1. The molecule has 0 atom stereocenters. The Balaban J connectivity index is 1.85. The van der Waals surface area contributed by atoms with Crippen LogP contribution in [0.5, 0.6) is 0 Å².